The number of benzene rings is 4. The summed E-state index contributed by atoms with van der Waals surface area (Å²) in [7, 11) is 0. The number of hydrogen-bond acceptors (Lipinski definition) is 10. The predicted molar refractivity (Wildman–Crippen MR) is 215 cm³/mol. The van der Waals surface area contributed by atoms with Gasteiger partial charge in [0.2, 0.25) is 0 Å². The van der Waals surface area contributed by atoms with Crippen molar-refractivity contribution in [3.63, 3.8) is 0 Å². The number of nitrogens with one attached hydrogen (secondary N) is 2. The Bertz CT molecular complexity index is 3020. The predicted octanol–water partition coefficient (Wildman–Crippen LogP) is 8.71. The van der Waals surface area contributed by atoms with Crippen molar-refractivity contribution in [2.75, 3.05) is 0 Å². The Morgan fingerprint density at radius 3 is 0.929 bits per heavy atom. The van der Waals surface area contributed by atoms with Gasteiger partial charge >= 0.3 is 23.9 Å². The Balaban J connectivity index is 1.51. The van der Waals surface area contributed by atoms with Crippen molar-refractivity contribution in [3.05, 3.63) is 88.7 Å². The fraction of sp³-hybridized carbons (Fsp3) is 0. The number of carbonyl (C=O) groups is 4. The van der Waals surface area contributed by atoms with Crippen molar-refractivity contribution >= 4 is 132 Å². The van der Waals surface area contributed by atoms with Gasteiger partial charge < -0.3 is 30.4 Å². The molecule has 3 aromatic heterocycles. The van der Waals surface area contributed by atoms with Crippen LogP contribution in [-0.2, 0) is 0 Å². The number of H-pyrrole nitrogens is 2. The molecular weight excluding hydrogens is 992 g/mol. The summed E-state index contributed by atoms with van der Waals surface area (Å²) in [6.45, 7) is 0. The second kappa shape index (κ2) is 12.8. The number of nitrogens with zero attached hydrogens (tertiary/aromatic N) is 6. The quantitative estimate of drug-likeness (QED) is 0.0964. The molecule has 2 aliphatic heterocycles. The van der Waals surface area contributed by atoms with Crippen LogP contribution in [-0.4, -0.2) is 84.2 Å². The van der Waals surface area contributed by atoms with E-state index >= 15 is 0 Å². The highest BCUT2D eigenvalue weighted by molar-refractivity contribution is 9.11. The van der Waals surface area contributed by atoms with Crippen LogP contribution in [0.5, 0.6) is 0 Å². The highest BCUT2D eigenvalue weighted by Gasteiger charge is 2.27. The van der Waals surface area contributed by atoms with E-state index in [0.29, 0.717) is 43.8 Å². The Morgan fingerprint density at radius 2 is 0.625 bits per heavy atom. The lowest BCUT2D eigenvalue weighted by molar-refractivity contribution is 0.0685. The van der Waals surface area contributed by atoms with E-state index in [4.69, 9.17) is 29.9 Å². The molecule has 2 aliphatic rings. The molecule has 0 saturated heterocycles. The molecule has 4 aromatic carbocycles. The zero-order valence-corrected chi connectivity index (χ0v) is 33.6. The van der Waals surface area contributed by atoms with Crippen molar-refractivity contribution in [3.8, 4) is 45.6 Å². The number of carboxylic acid groups (broad SMARTS) is 4. The molecule has 6 N–H and O–H groups in total. The molecule has 0 unspecified atom stereocenters. The largest absolute Gasteiger partial charge is 0.478 e. The van der Waals surface area contributed by atoms with E-state index in [1.165, 1.54) is 36.4 Å². The molecule has 20 heteroatoms. The average Bonchev–Trinajstić information content (AvgIpc) is 3.84. The first kappa shape index (κ1) is 35.7. The summed E-state index contributed by atoms with van der Waals surface area (Å²) < 4.78 is 0.944. The summed E-state index contributed by atoms with van der Waals surface area (Å²) in [5.74, 6) is -4.60. The van der Waals surface area contributed by atoms with Gasteiger partial charge in [0.15, 0.2) is 23.3 Å². The van der Waals surface area contributed by atoms with E-state index in [1.54, 1.807) is 12.1 Å². The maximum atomic E-state index is 12.2. The van der Waals surface area contributed by atoms with Crippen LogP contribution in [0.1, 0.15) is 41.4 Å². The number of aromatic carboxylic acids is 4. The van der Waals surface area contributed by atoms with E-state index in [2.05, 4.69) is 73.7 Å². The van der Waals surface area contributed by atoms with Crippen LogP contribution in [0.2, 0.25) is 0 Å². The Labute approximate surface area is 343 Å². The second-order valence-corrected chi connectivity index (χ2v) is 15.8. The van der Waals surface area contributed by atoms with Crippen LogP contribution >= 0.6 is 63.7 Å². The molecule has 0 fully saturated rings. The van der Waals surface area contributed by atoms with Gasteiger partial charge in [0.1, 0.15) is 22.6 Å². The first-order valence-corrected chi connectivity index (χ1v) is 18.9. The SMILES string of the molecule is O=C(O)c1cc2c(cc1Br)-c1nc-2nc2[nH]c(nc3nc(nc4[nH]c(n1)c1cc(C(=O)O)c(Br)cc41)-c1cc(C(=O)O)c(Br)cc1-3)c1cc(C(=O)O)c(Br)cc21. The summed E-state index contributed by atoms with van der Waals surface area (Å²) in [4.78, 5) is 84.0. The molecule has 0 spiro atoms. The number of aromatic amines is 2. The minimum absolute atomic E-state index is 0.0491. The minimum Gasteiger partial charge on any atom is -0.478 e. The van der Waals surface area contributed by atoms with Gasteiger partial charge in [-0.3, -0.25) is 0 Å². The van der Waals surface area contributed by atoms with Crippen LogP contribution in [0, 0.1) is 0 Å². The molecule has 56 heavy (non-hydrogen) atoms. The fourth-order valence-corrected chi connectivity index (χ4v) is 8.58. The number of aromatic nitrogens is 8. The van der Waals surface area contributed by atoms with E-state index in [-0.39, 0.29) is 86.0 Å². The van der Waals surface area contributed by atoms with Crippen LogP contribution in [0.25, 0.3) is 89.7 Å². The van der Waals surface area contributed by atoms with E-state index in [1.807, 2.05) is 0 Å². The van der Waals surface area contributed by atoms with Crippen molar-refractivity contribution < 1.29 is 39.6 Å². The summed E-state index contributed by atoms with van der Waals surface area (Å²) in [5, 5.41) is 41.5. The summed E-state index contributed by atoms with van der Waals surface area (Å²) in [5.41, 5.74) is 1.69. The number of rotatable bonds is 4. The Kier molecular flexibility index (Phi) is 8.16. The van der Waals surface area contributed by atoms with Crippen LogP contribution in [0.4, 0.5) is 0 Å². The minimum atomic E-state index is -1.22. The number of fused-ring (bicyclic) bond motifs is 20. The van der Waals surface area contributed by atoms with E-state index < -0.39 is 23.9 Å². The molecular formula is C36H14Br4N8O8. The third-order valence-electron chi connectivity index (χ3n) is 9.10. The summed E-state index contributed by atoms with van der Waals surface area (Å²) >= 11 is 13.4. The van der Waals surface area contributed by atoms with E-state index in [9.17, 15) is 39.6 Å². The molecule has 16 nitrogen and oxygen atoms in total. The van der Waals surface area contributed by atoms with Crippen molar-refractivity contribution in [1.29, 1.82) is 0 Å². The highest BCUT2D eigenvalue weighted by Crippen LogP contribution is 2.41. The fourth-order valence-electron chi connectivity index (χ4n) is 6.52. The summed E-state index contributed by atoms with van der Waals surface area (Å²) in [6, 6.07) is 11.8. The number of hydrogen-bond donors (Lipinski definition) is 6. The third-order valence-corrected chi connectivity index (χ3v) is 11.7. The van der Waals surface area contributed by atoms with Gasteiger partial charge in [0.25, 0.3) is 0 Å². The standard InChI is InChI=1S/C36H14Br4N8O8/c37-21-5-13-9(1-17(21)33(49)50)25-41-29(13)46-26-11-3-19(35(53)54)23(39)7-15(11)31(43-26)48-28-12-4-20(36(55)56)24(40)8-16(12)32(44-28)47-27-10-2-18(34(51)52)22(38)6-14(10)30(42-27)45-25/h1-8H,(H,49,50)(H,51,52)(H,53,54)(H,55,56)(H2,41,42,43,44,45,46,47,48). The maximum Gasteiger partial charge on any atom is 0.336 e. The van der Waals surface area contributed by atoms with Crippen molar-refractivity contribution in [2.45, 2.75) is 0 Å². The zero-order valence-electron chi connectivity index (χ0n) is 27.2. The van der Waals surface area contributed by atoms with Gasteiger partial charge in [0, 0.05) is 61.7 Å². The molecule has 0 radical (unpaired) electrons. The number of halogens is 4. The lowest BCUT2D eigenvalue weighted by Crippen LogP contribution is -1.98. The molecule has 5 heterocycles. The number of carboxylic acids is 4. The lowest BCUT2D eigenvalue weighted by Gasteiger charge is -2.04. The molecule has 0 saturated carbocycles. The lowest BCUT2D eigenvalue weighted by atomic mass is 10.0. The van der Waals surface area contributed by atoms with Gasteiger partial charge in [0.05, 0.1) is 22.3 Å². The molecule has 9 rings (SSSR count). The first-order valence-electron chi connectivity index (χ1n) is 15.8. The molecule has 8 bridgehead atoms. The van der Waals surface area contributed by atoms with Gasteiger partial charge in [-0.1, -0.05) is 0 Å². The van der Waals surface area contributed by atoms with E-state index in [0.717, 1.165) is 0 Å². The first-order chi connectivity index (χ1) is 26.7. The average molecular weight is 1010 g/mol. The summed E-state index contributed by atoms with van der Waals surface area (Å²) in [6.07, 6.45) is 0. The van der Waals surface area contributed by atoms with Gasteiger partial charge in [-0.15, -0.1) is 0 Å². The van der Waals surface area contributed by atoms with Gasteiger partial charge in [-0.2, -0.15) is 0 Å². The zero-order chi connectivity index (χ0) is 39.5. The van der Waals surface area contributed by atoms with Crippen LogP contribution in [0.3, 0.4) is 0 Å². The molecule has 0 aliphatic carbocycles. The monoisotopic (exact) mass is 1000 g/mol. The van der Waals surface area contributed by atoms with Crippen LogP contribution < -0.4 is 0 Å². The van der Waals surface area contributed by atoms with Crippen molar-refractivity contribution in [1.82, 2.24) is 39.9 Å². The van der Waals surface area contributed by atoms with Gasteiger partial charge in [-0.25, -0.2) is 49.1 Å². The topological polar surface area (TPSA) is 258 Å². The molecule has 0 atom stereocenters. The normalized spacial score (nSPS) is 11.8. The van der Waals surface area contributed by atoms with Gasteiger partial charge in [-0.05, 0) is 112 Å². The molecule has 7 aromatic rings. The van der Waals surface area contributed by atoms with Crippen molar-refractivity contribution in [2.24, 2.45) is 0 Å². The Morgan fingerprint density at radius 1 is 0.375 bits per heavy atom. The Hall–Kier alpha value is -5.96. The molecule has 274 valence electrons. The third kappa shape index (κ3) is 5.58. The highest BCUT2D eigenvalue weighted by atomic mass is 79.9. The second-order valence-electron chi connectivity index (χ2n) is 12.3. The molecule has 0 amide bonds. The smallest absolute Gasteiger partial charge is 0.336 e. The maximum absolute atomic E-state index is 12.2. The van der Waals surface area contributed by atoms with Crippen LogP contribution in [0.15, 0.2) is 66.4 Å².